The van der Waals surface area contributed by atoms with Gasteiger partial charge in [0.15, 0.2) is 0 Å². The van der Waals surface area contributed by atoms with Gasteiger partial charge in [-0.05, 0) is 85.2 Å². The number of piperazine rings is 1. The third-order valence-electron chi connectivity index (χ3n) is 13.0. The third kappa shape index (κ3) is 9.08. The monoisotopic (exact) mass is 851 g/mol. The Balaban J connectivity index is 0.857. The number of hydrogen-bond acceptors (Lipinski definition) is 11. The predicted molar refractivity (Wildman–Crippen MR) is 239 cm³/mol. The van der Waals surface area contributed by atoms with Crippen LogP contribution in [-0.2, 0) is 22.7 Å². The molecule has 5 N–H and O–H groups in total. The number of piperidine rings is 1. The van der Waals surface area contributed by atoms with Gasteiger partial charge in [-0.1, -0.05) is 60.7 Å². The molecule has 326 valence electrons. The van der Waals surface area contributed by atoms with Gasteiger partial charge < -0.3 is 30.6 Å². The average molecular weight is 852 g/mol. The Bertz CT molecular complexity index is 2450. The molecular weight excluding hydrogens is 799 g/mol. The van der Waals surface area contributed by atoms with Crippen LogP contribution in [0.5, 0.6) is 0 Å². The minimum absolute atomic E-state index is 0.00404. The zero-order valence-corrected chi connectivity index (χ0v) is 35.1. The first-order valence-electron chi connectivity index (χ1n) is 22.0. The smallest absolute Gasteiger partial charge is 0.322 e. The van der Waals surface area contributed by atoms with Gasteiger partial charge >= 0.3 is 6.03 Å². The molecule has 5 amide bonds. The van der Waals surface area contributed by atoms with E-state index < -0.39 is 30.7 Å². The SMILES string of the molecule is O=C1CCC(N2Cc3ccc(C(C(O)CO)N4CCN(c5ccc(N(C(=O)NCc6ccccc6)C6CCC(Nc7ncc8ccccc8n7)CC6)cc5)CC4)cc3C2=O)C(=O)N1. The van der Waals surface area contributed by atoms with E-state index in [9.17, 15) is 29.4 Å². The highest BCUT2D eigenvalue weighted by Crippen LogP contribution is 2.35. The van der Waals surface area contributed by atoms with E-state index >= 15 is 0 Å². The molecule has 4 heterocycles. The van der Waals surface area contributed by atoms with Crippen molar-refractivity contribution in [3.63, 3.8) is 0 Å². The number of nitrogens with one attached hydrogen (secondary N) is 3. The van der Waals surface area contributed by atoms with Crippen LogP contribution in [0.3, 0.4) is 0 Å². The van der Waals surface area contributed by atoms with E-state index in [0.717, 1.165) is 59.1 Å². The molecule has 9 rings (SSSR count). The molecule has 3 fully saturated rings. The van der Waals surface area contributed by atoms with Gasteiger partial charge in [-0.25, -0.2) is 14.8 Å². The molecule has 63 heavy (non-hydrogen) atoms. The molecule has 0 spiro atoms. The second-order valence-electron chi connectivity index (χ2n) is 17.0. The van der Waals surface area contributed by atoms with Gasteiger partial charge in [-0.15, -0.1) is 0 Å². The Morgan fingerprint density at radius 3 is 2.37 bits per heavy atom. The molecule has 15 heteroatoms. The number of fused-ring (bicyclic) bond motifs is 2. The number of imide groups is 1. The molecule has 1 aliphatic carbocycles. The lowest BCUT2D eigenvalue weighted by Gasteiger charge is -2.42. The van der Waals surface area contributed by atoms with Crippen molar-refractivity contribution in [3.8, 4) is 0 Å². The number of para-hydroxylation sites is 1. The van der Waals surface area contributed by atoms with Crippen LogP contribution in [-0.4, -0.2) is 111 Å². The van der Waals surface area contributed by atoms with Crippen molar-refractivity contribution >= 4 is 52.0 Å². The number of anilines is 3. The second-order valence-corrected chi connectivity index (χ2v) is 17.0. The van der Waals surface area contributed by atoms with Gasteiger partial charge in [0.1, 0.15) is 6.04 Å². The first-order chi connectivity index (χ1) is 30.7. The number of carbonyl (C=O) groups is 4. The molecule has 5 aromatic rings. The van der Waals surface area contributed by atoms with Crippen LogP contribution < -0.4 is 25.8 Å². The minimum atomic E-state index is -1.09. The van der Waals surface area contributed by atoms with Crippen molar-refractivity contribution in [1.82, 2.24) is 30.4 Å². The topological polar surface area (TPSA) is 184 Å². The predicted octanol–water partition coefficient (Wildman–Crippen LogP) is 4.75. The van der Waals surface area contributed by atoms with Crippen molar-refractivity contribution in [1.29, 1.82) is 0 Å². The number of urea groups is 1. The fourth-order valence-corrected chi connectivity index (χ4v) is 9.67. The molecule has 15 nitrogen and oxygen atoms in total. The van der Waals surface area contributed by atoms with E-state index in [1.807, 2.05) is 90.0 Å². The molecule has 3 atom stereocenters. The highest BCUT2D eigenvalue weighted by Gasteiger charge is 2.40. The molecule has 0 radical (unpaired) electrons. The maximum atomic E-state index is 14.1. The molecule has 3 unspecified atom stereocenters. The fourth-order valence-electron chi connectivity index (χ4n) is 9.67. The van der Waals surface area contributed by atoms with Crippen molar-refractivity contribution < 1.29 is 29.4 Å². The van der Waals surface area contributed by atoms with Crippen molar-refractivity contribution in [2.24, 2.45) is 0 Å². The van der Waals surface area contributed by atoms with E-state index in [4.69, 9.17) is 4.98 Å². The van der Waals surface area contributed by atoms with E-state index in [2.05, 4.69) is 42.9 Å². The summed E-state index contributed by atoms with van der Waals surface area (Å²) in [6.07, 6.45) is 4.56. The van der Waals surface area contributed by atoms with Crippen molar-refractivity contribution in [3.05, 3.63) is 126 Å². The Labute approximate surface area is 366 Å². The van der Waals surface area contributed by atoms with Crippen LogP contribution in [0.15, 0.2) is 103 Å². The Morgan fingerprint density at radius 1 is 0.873 bits per heavy atom. The molecule has 4 aliphatic rings. The standard InChI is InChI=1S/C48H53N9O6/c58-30-42(59)44(32-10-11-34-29-56(46(62)39(34)26-32)41-20-21-43(60)53-45(41)61)55-24-22-54(23-25-55)36-16-18-38(19-17-36)57(48(63)50-27-31-6-2-1-3-7-31)37-14-12-35(13-15-37)51-47-49-28-33-8-4-5-9-40(33)52-47/h1-11,16-19,26,28,35,37,41-42,44,58-59H,12-15,20-25,27,29-30H2,(H,50,63)(H,49,51,52)(H,53,60,61). The van der Waals surface area contributed by atoms with Gasteiger partial charge in [-0.3, -0.25) is 29.5 Å². The van der Waals surface area contributed by atoms with Gasteiger partial charge in [-0.2, -0.15) is 0 Å². The maximum absolute atomic E-state index is 14.1. The first-order valence-corrected chi connectivity index (χ1v) is 22.0. The zero-order valence-electron chi connectivity index (χ0n) is 35.1. The first kappa shape index (κ1) is 41.9. The van der Waals surface area contributed by atoms with Crippen LogP contribution in [0.4, 0.5) is 22.1 Å². The molecule has 0 bridgehead atoms. The minimum Gasteiger partial charge on any atom is -0.394 e. The summed E-state index contributed by atoms with van der Waals surface area (Å²) in [6, 6.07) is 30.3. The summed E-state index contributed by atoms with van der Waals surface area (Å²) in [5.74, 6) is -0.462. The maximum Gasteiger partial charge on any atom is 0.322 e. The molecule has 4 aromatic carbocycles. The lowest BCUT2D eigenvalue weighted by atomic mass is 9.90. The van der Waals surface area contributed by atoms with Gasteiger partial charge in [0.05, 0.1) is 24.3 Å². The largest absolute Gasteiger partial charge is 0.394 e. The molecular formula is C48H53N9O6. The van der Waals surface area contributed by atoms with E-state index in [1.165, 1.54) is 4.90 Å². The van der Waals surface area contributed by atoms with Crippen molar-refractivity contribution in [2.45, 2.75) is 81.9 Å². The van der Waals surface area contributed by atoms with Crippen LogP contribution in [0, 0.1) is 0 Å². The van der Waals surface area contributed by atoms with Crippen LogP contribution in [0.2, 0.25) is 0 Å². The summed E-state index contributed by atoms with van der Waals surface area (Å²) in [5, 5.41) is 31.4. The molecule has 1 saturated carbocycles. The van der Waals surface area contributed by atoms with Crippen LogP contribution in [0.1, 0.15) is 71.6 Å². The summed E-state index contributed by atoms with van der Waals surface area (Å²) in [6.45, 7) is 2.72. The van der Waals surface area contributed by atoms with Crippen molar-refractivity contribution in [2.75, 3.05) is 47.9 Å². The number of hydrogen-bond donors (Lipinski definition) is 5. The van der Waals surface area contributed by atoms with E-state index in [1.54, 1.807) is 6.07 Å². The van der Waals surface area contributed by atoms with Crippen LogP contribution in [0.25, 0.3) is 10.9 Å². The number of amides is 5. The lowest BCUT2D eigenvalue weighted by molar-refractivity contribution is -0.136. The number of nitrogens with zero attached hydrogens (tertiary/aromatic N) is 6. The summed E-state index contributed by atoms with van der Waals surface area (Å²) in [7, 11) is 0. The Kier molecular flexibility index (Phi) is 12.3. The highest BCUT2D eigenvalue weighted by molar-refractivity contribution is 6.05. The number of benzene rings is 4. The third-order valence-corrected chi connectivity index (χ3v) is 13.0. The second kappa shape index (κ2) is 18.5. The average Bonchev–Trinajstić information content (AvgIpc) is 3.64. The molecule has 2 saturated heterocycles. The molecule has 3 aliphatic heterocycles. The molecule has 1 aromatic heterocycles. The van der Waals surface area contributed by atoms with Gasteiger partial charge in [0, 0.05) is 86.3 Å². The van der Waals surface area contributed by atoms with Gasteiger partial charge in [0.25, 0.3) is 5.91 Å². The Morgan fingerprint density at radius 2 is 1.62 bits per heavy atom. The number of aliphatic hydroxyl groups excluding tert-OH is 2. The number of aliphatic hydroxyl groups is 2. The van der Waals surface area contributed by atoms with E-state index in [-0.39, 0.29) is 49.3 Å². The summed E-state index contributed by atoms with van der Waals surface area (Å²) in [5.41, 5.74) is 5.73. The van der Waals surface area contributed by atoms with E-state index in [0.29, 0.717) is 49.8 Å². The van der Waals surface area contributed by atoms with Gasteiger partial charge in [0.2, 0.25) is 17.8 Å². The summed E-state index contributed by atoms with van der Waals surface area (Å²) < 4.78 is 0. The summed E-state index contributed by atoms with van der Waals surface area (Å²) in [4.78, 5) is 69.1. The normalized spacial score (nSPS) is 21.4. The fraction of sp³-hybridized carbons (Fsp3) is 0.375. The lowest BCUT2D eigenvalue weighted by Crippen LogP contribution is -2.52. The quantitative estimate of drug-likeness (QED) is 0.109. The highest BCUT2D eigenvalue weighted by atomic mass is 16.3. The number of carbonyl (C=O) groups excluding carboxylic acids is 4. The Hall–Kier alpha value is -6.42. The van der Waals surface area contributed by atoms with Crippen LogP contribution >= 0.6 is 0 Å². The summed E-state index contributed by atoms with van der Waals surface area (Å²) >= 11 is 0. The zero-order chi connectivity index (χ0) is 43.5. The number of aromatic nitrogens is 2. The number of rotatable bonds is 12.